The van der Waals surface area contributed by atoms with E-state index in [2.05, 4.69) is 21.3 Å². The molecule has 0 aliphatic heterocycles. The van der Waals surface area contributed by atoms with Gasteiger partial charge in [0.15, 0.2) is 6.61 Å². The summed E-state index contributed by atoms with van der Waals surface area (Å²) in [6.45, 7) is -0.124. The van der Waals surface area contributed by atoms with E-state index < -0.39 is 5.60 Å². The van der Waals surface area contributed by atoms with E-state index in [9.17, 15) is 0 Å². The van der Waals surface area contributed by atoms with Gasteiger partial charge in [0.25, 0.3) is 5.60 Å². The van der Waals surface area contributed by atoms with Crippen LogP contribution in [0.15, 0.2) is 0 Å². The molecule has 0 rings (SSSR count). The molecule has 2 nitrogen and oxygen atoms in total. The Morgan fingerprint density at radius 3 is 1.92 bits per heavy atom. The molecule has 0 fully saturated rings. The van der Waals surface area contributed by atoms with Crippen molar-refractivity contribution < 1.29 is 9.47 Å². The van der Waals surface area contributed by atoms with Crippen molar-refractivity contribution in [2.75, 3.05) is 6.61 Å². The average molecular weight is 158 g/mol. The van der Waals surface area contributed by atoms with Crippen molar-refractivity contribution in [2.45, 2.75) is 5.60 Å². The molecule has 12 heavy (non-hydrogen) atoms. The van der Waals surface area contributed by atoms with Crippen LogP contribution in [0.5, 0.6) is 0 Å². The molecule has 2 heteroatoms. The quantitative estimate of drug-likeness (QED) is 0.546. The maximum absolute atomic E-state index is 5.08. The van der Waals surface area contributed by atoms with Crippen LogP contribution in [0.4, 0.5) is 0 Å². The second kappa shape index (κ2) is 4.62. The minimum Gasteiger partial charge on any atom is -0.440 e. The Morgan fingerprint density at radius 2 is 1.58 bits per heavy atom. The van der Waals surface area contributed by atoms with Crippen LogP contribution >= 0.6 is 0 Å². The van der Waals surface area contributed by atoms with Crippen LogP contribution in [0.25, 0.3) is 0 Å². The number of hydrogen-bond donors (Lipinski definition) is 0. The zero-order valence-electron chi connectivity index (χ0n) is 6.33. The van der Waals surface area contributed by atoms with Crippen molar-refractivity contribution in [3.63, 3.8) is 0 Å². The van der Waals surface area contributed by atoms with Gasteiger partial charge in [-0.25, -0.2) is 0 Å². The summed E-state index contributed by atoms with van der Waals surface area (Å²) in [5.41, 5.74) is -1.36. The van der Waals surface area contributed by atoms with Crippen molar-refractivity contribution >= 4 is 0 Å². The third-order valence-electron chi connectivity index (χ3n) is 1.06. The number of rotatable bonds is 3. The van der Waals surface area contributed by atoms with E-state index in [1.807, 2.05) is 12.2 Å². The normalized spacial score (nSPS) is 8.00. The molecule has 0 atom stereocenters. The highest BCUT2D eigenvalue weighted by atomic mass is 16.5. The Morgan fingerprint density at radius 1 is 1.00 bits per heavy atom. The summed E-state index contributed by atoms with van der Waals surface area (Å²) < 4.78 is 9.22. The van der Waals surface area contributed by atoms with Gasteiger partial charge in [-0.3, -0.25) is 0 Å². The molecule has 0 heterocycles. The Kier molecular flexibility index (Phi) is 3.79. The number of ether oxygens (including phenoxy) is 2. The van der Waals surface area contributed by atoms with Gasteiger partial charge >= 0.3 is 0 Å². The van der Waals surface area contributed by atoms with Gasteiger partial charge in [0.05, 0.1) is 0 Å². The predicted octanol–water partition coefficient (Wildman–Crippen LogP) is 0.206. The molecule has 0 radical (unpaired) electrons. The highest BCUT2D eigenvalue weighted by Crippen LogP contribution is 2.07. The van der Waals surface area contributed by atoms with E-state index in [0.717, 1.165) is 0 Å². The fourth-order valence-corrected chi connectivity index (χ4v) is 0.457. The molecular formula is C10H6O2. The molecule has 0 spiro atoms. The van der Waals surface area contributed by atoms with Gasteiger partial charge in [-0.15, -0.1) is 12.8 Å². The minimum atomic E-state index is -1.36. The van der Waals surface area contributed by atoms with Crippen LogP contribution in [0.3, 0.4) is 0 Å². The molecule has 0 aromatic carbocycles. The molecule has 0 amide bonds. The van der Waals surface area contributed by atoms with Gasteiger partial charge in [0.2, 0.25) is 0 Å². The Labute approximate surface area is 72.2 Å². The summed E-state index contributed by atoms with van der Waals surface area (Å²) in [7, 11) is 0. The lowest BCUT2D eigenvalue weighted by atomic mass is 10.1. The minimum absolute atomic E-state index is 0.124. The van der Waals surface area contributed by atoms with Gasteiger partial charge < -0.3 is 9.47 Å². The standard InChI is InChI=1S/C10H6O2/c1-5-10(6-2,12-8-4)9-11-7-3/h1-4H,9H2. The molecule has 0 aliphatic carbocycles. The summed E-state index contributed by atoms with van der Waals surface area (Å²) in [4.78, 5) is 0. The molecule has 0 saturated carbocycles. The topological polar surface area (TPSA) is 18.5 Å². The lowest BCUT2D eigenvalue weighted by Gasteiger charge is -2.17. The SMILES string of the molecule is C#COCC(C#C)(C#C)OC#C. The lowest BCUT2D eigenvalue weighted by molar-refractivity contribution is 0.0797. The van der Waals surface area contributed by atoms with E-state index in [0.29, 0.717) is 0 Å². The third kappa shape index (κ3) is 2.22. The van der Waals surface area contributed by atoms with Crippen LogP contribution in [0, 0.1) is 49.7 Å². The first kappa shape index (κ1) is 9.84. The fourth-order valence-electron chi connectivity index (χ4n) is 0.457. The first-order chi connectivity index (χ1) is 5.74. The van der Waals surface area contributed by atoms with Crippen LogP contribution in [0.1, 0.15) is 0 Å². The van der Waals surface area contributed by atoms with Crippen molar-refractivity contribution in [3.05, 3.63) is 0 Å². The van der Waals surface area contributed by atoms with Gasteiger partial charge in [0.1, 0.15) is 12.2 Å². The van der Waals surface area contributed by atoms with E-state index in [1.165, 1.54) is 0 Å². The maximum atomic E-state index is 5.08. The zero-order chi connectivity index (χ0) is 9.45. The summed E-state index contributed by atoms with van der Waals surface area (Å²) in [5.74, 6) is 4.36. The first-order valence-corrected chi connectivity index (χ1v) is 2.91. The van der Waals surface area contributed by atoms with E-state index in [1.54, 1.807) is 0 Å². The molecule has 0 bridgehead atoms. The summed E-state index contributed by atoms with van der Waals surface area (Å²) in [5, 5.41) is 0. The molecule has 0 aliphatic rings. The Hall–Kier alpha value is -2.16. The monoisotopic (exact) mass is 158 g/mol. The van der Waals surface area contributed by atoms with Crippen molar-refractivity contribution in [2.24, 2.45) is 0 Å². The average Bonchev–Trinajstić information content (AvgIpc) is 2.13. The fraction of sp³-hybridized carbons (Fsp3) is 0.200. The molecule has 0 aromatic heterocycles. The highest BCUT2D eigenvalue weighted by Gasteiger charge is 2.27. The summed E-state index contributed by atoms with van der Waals surface area (Å²) >= 11 is 0. The van der Waals surface area contributed by atoms with Crippen molar-refractivity contribution in [1.82, 2.24) is 0 Å². The Bertz CT molecular complexity index is 287. The molecule has 58 valence electrons. The first-order valence-electron chi connectivity index (χ1n) is 2.91. The van der Waals surface area contributed by atoms with Crippen LogP contribution in [0.2, 0.25) is 0 Å². The second-order valence-corrected chi connectivity index (χ2v) is 1.74. The van der Waals surface area contributed by atoms with E-state index >= 15 is 0 Å². The van der Waals surface area contributed by atoms with Crippen molar-refractivity contribution in [1.29, 1.82) is 0 Å². The van der Waals surface area contributed by atoms with Gasteiger partial charge in [-0.05, 0) is 11.8 Å². The summed E-state index contributed by atoms with van der Waals surface area (Å²) in [6.07, 6.45) is 23.7. The molecule has 0 unspecified atom stereocenters. The van der Waals surface area contributed by atoms with E-state index in [-0.39, 0.29) is 6.61 Å². The number of hydrogen-bond acceptors (Lipinski definition) is 2. The number of terminal acetylenes is 4. The Balaban J connectivity index is 4.46. The van der Waals surface area contributed by atoms with Gasteiger partial charge in [0, 0.05) is 0 Å². The zero-order valence-corrected chi connectivity index (χ0v) is 6.33. The molecule has 0 aromatic rings. The maximum Gasteiger partial charge on any atom is 0.275 e. The molecule has 0 N–H and O–H groups in total. The van der Waals surface area contributed by atoms with Crippen molar-refractivity contribution in [3.8, 4) is 49.7 Å². The van der Waals surface area contributed by atoms with Gasteiger partial charge in [-0.1, -0.05) is 12.8 Å². The van der Waals surface area contributed by atoms with Crippen LogP contribution in [-0.2, 0) is 9.47 Å². The summed E-state index contributed by atoms with van der Waals surface area (Å²) in [6, 6.07) is 0. The highest BCUT2D eigenvalue weighted by molar-refractivity contribution is 5.26. The van der Waals surface area contributed by atoms with E-state index in [4.69, 9.17) is 25.7 Å². The van der Waals surface area contributed by atoms with Gasteiger partial charge in [-0.2, -0.15) is 0 Å². The lowest BCUT2D eigenvalue weighted by Crippen LogP contribution is -2.32. The third-order valence-corrected chi connectivity index (χ3v) is 1.06. The van der Waals surface area contributed by atoms with Crippen LogP contribution in [-0.4, -0.2) is 12.2 Å². The predicted molar refractivity (Wildman–Crippen MR) is 45.1 cm³/mol. The molecule has 0 saturated heterocycles. The molecular weight excluding hydrogens is 152 g/mol. The smallest absolute Gasteiger partial charge is 0.275 e. The largest absolute Gasteiger partial charge is 0.440 e. The van der Waals surface area contributed by atoms with Crippen LogP contribution < -0.4 is 0 Å². The second-order valence-electron chi connectivity index (χ2n) is 1.74.